The van der Waals surface area contributed by atoms with Gasteiger partial charge in [-0.05, 0) is 18.2 Å². The number of anilines is 1. The summed E-state index contributed by atoms with van der Waals surface area (Å²) in [6.45, 7) is 0. The van der Waals surface area contributed by atoms with Gasteiger partial charge in [0.15, 0.2) is 0 Å². The standard InChI is InChI=1S/C8H7NO4.2Na/c9-6-3-4(7(10)11)1-2-5(6)8(12)13;;/h1-3H,9H2,(H,10,11)(H,12,13);;. The third-order valence-corrected chi connectivity index (χ3v) is 1.53. The monoisotopic (exact) mass is 227 g/mol. The second-order valence-corrected chi connectivity index (χ2v) is 2.41. The van der Waals surface area contributed by atoms with E-state index in [4.69, 9.17) is 15.9 Å². The summed E-state index contributed by atoms with van der Waals surface area (Å²) in [6.07, 6.45) is 0. The Morgan fingerprint density at radius 1 is 1.07 bits per heavy atom. The predicted molar refractivity (Wildman–Crippen MR) is 56.3 cm³/mol. The van der Waals surface area contributed by atoms with Crippen LogP contribution in [-0.4, -0.2) is 81.3 Å². The zero-order valence-corrected chi connectivity index (χ0v) is 12.5. The van der Waals surface area contributed by atoms with Crippen LogP contribution in [-0.2, 0) is 0 Å². The Balaban J connectivity index is 0. The topological polar surface area (TPSA) is 101 Å². The second kappa shape index (κ2) is 7.27. The molecule has 0 unspecified atom stereocenters. The number of hydrogen-bond donors (Lipinski definition) is 3. The first-order valence-electron chi connectivity index (χ1n) is 3.38. The minimum absolute atomic E-state index is 0. The largest absolute Gasteiger partial charge is 0.478 e. The van der Waals surface area contributed by atoms with Gasteiger partial charge in [0.05, 0.1) is 11.1 Å². The fraction of sp³-hybridized carbons (Fsp3) is 0. The van der Waals surface area contributed by atoms with Crippen molar-refractivity contribution in [2.24, 2.45) is 0 Å². The number of carbonyl (C=O) groups is 2. The first-order chi connectivity index (χ1) is 6.02. The van der Waals surface area contributed by atoms with Crippen LogP contribution in [0.4, 0.5) is 5.69 Å². The molecule has 4 N–H and O–H groups in total. The summed E-state index contributed by atoms with van der Waals surface area (Å²) in [5.74, 6) is -2.31. The summed E-state index contributed by atoms with van der Waals surface area (Å²) < 4.78 is 0. The molecule has 0 aromatic heterocycles. The summed E-state index contributed by atoms with van der Waals surface area (Å²) in [5.41, 5.74) is 5.15. The van der Waals surface area contributed by atoms with Crippen LogP contribution in [0, 0.1) is 0 Å². The maximum absolute atomic E-state index is 10.5. The number of aromatic carboxylic acids is 2. The molecule has 0 saturated heterocycles. The maximum Gasteiger partial charge on any atom is 0.337 e. The average Bonchev–Trinajstić information content (AvgIpc) is 2.03. The molecule has 0 atom stereocenters. The van der Waals surface area contributed by atoms with Gasteiger partial charge in [0.25, 0.3) is 0 Å². The minimum Gasteiger partial charge on any atom is -0.478 e. The molecule has 5 nitrogen and oxygen atoms in total. The van der Waals surface area contributed by atoms with E-state index in [2.05, 4.69) is 0 Å². The molecule has 7 heteroatoms. The summed E-state index contributed by atoms with van der Waals surface area (Å²) in [7, 11) is 0. The van der Waals surface area contributed by atoms with Gasteiger partial charge in [-0.1, -0.05) is 0 Å². The van der Waals surface area contributed by atoms with Crippen molar-refractivity contribution >= 4 is 76.7 Å². The molecule has 70 valence electrons. The SMILES string of the molecule is Nc1cc(C(=O)O)ccc1C(=O)O.[Na].[Na]. The third kappa shape index (κ3) is 4.55. The average molecular weight is 227 g/mol. The number of hydrogen-bond acceptors (Lipinski definition) is 3. The molecule has 0 heterocycles. The van der Waals surface area contributed by atoms with Gasteiger partial charge in [-0.25, -0.2) is 9.59 Å². The Kier molecular flexibility index (Phi) is 8.41. The molecule has 0 bridgehead atoms. The van der Waals surface area contributed by atoms with Gasteiger partial charge in [-0.15, -0.1) is 0 Å². The van der Waals surface area contributed by atoms with Crippen molar-refractivity contribution in [2.75, 3.05) is 5.73 Å². The van der Waals surface area contributed by atoms with Crippen molar-refractivity contribution < 1.29 is 19.8 Å². The van der Waals surface area contributed by atoms with Crippen LogP contribution in [0.3, 0.4) is 0 Å². The molecule has 0 aliphatic rings. The van der Waals surface area contributed by atoms with Gasteiger partial charge < -0.3 is 15.9 Å². The number of rotatable bonds is 2. The Hall–Kier alpha value is -0.0400. The van der Waals surface area contributed by atoms with Gasteiger partial charge in [0, 0.05) is 64.8 Å². The molecule has 0 aliphatic heterocycles. The normalized spacial score (nSPS) is 8.27. The van der Waals surface area contributed by atoms with Crippen molar-refractivity contribution in [3.8, 4) is 0 Å². The van der Waals surface area contributed by atoms with Gasteiger partial charge >= 0.3 is 11.9 Å². The van der Waals surface area contributed by atoms with Crippen molar-refractivity contribution in [3.63, 3.8) is 0 Å². The number of nitrogens with two attached hydrogens (primary N) is 1. The van der Waals surface area contributed by atoms with E-state index in [1.165, 1.54) is 12.1 Å². The van der Waals surface area contributed by atoms with Gasteiger partial charge in [0.1, 0.15) is 0 Å². The molecule has 2 radical (unpaired) electrons. The van der Waals surface area contributed by atoms with Gasteiger partial charge in [-0.2, -0.15) is 0 Å². The Labute approximate surface area is 130 Å². The van der Waals surface area contributed by atoms with E-state index in [1.54, 1.807) is 0 Å². The fourth-order valence-corrected chi connectivity index (χ4v) is 0.891. The van der Waals surface area contributed by atoms with Crippen molar-refractivity contribution in [2.45, 2.75) is 0 Å². The van der Waals surface area contributed by atoms with Crippen LogP contribution in [0.25, 0.3) is 0 Å². The maximum atomic E-state index is 10.5. The van der Waals surface area contributed by atoms with Crippen LogP contribution in [0.1, 0.15) is 20.7 Å². The van der Waals surface area contributed by atoms with Crippen LogP contribution in [0.5, 0.6) is 0 Å². The fourth-order valence-electron chi connectivity index (χ4n) is 0.891. The van der Waals surface area contributed by atoms with E-state index in [0.717, 1.165) is 6.07 Å². The molecule has 0 saturated carbocycles. The van der Waals surface area contributed by atoms with Gasteiger partial charge in [0.2, 0.25) is 0 Å². The van der Waals surface area contributed by atoms with Crippen LogP contribution in [0.2, 0.25) is 0 Å². The van der Waals surface area contributed by atoms with E-state index in [9.17, 15) is 9.59 Å². The first-order valence-corrected chi connectivity index (χ1v) is 3.38. The molecule has 0 aliphatic carbocycles. The molecule has 1 aromatic rings. The quantitative estimate of drug-likeness (QED) is 0.484. The van der Waals surface area contributed by atoms with Crippen molar-refractivity contribution in [3.05, 3.63) is 29.3 Å². The summed E-state index contributed by atoms with van der Waals surface area (Å²) in [6, 6.07) is 3.48. The number of carboxylic acids is 2. The smallest absolute Gasteiger partial charge is 0.337 e. The molecule has 15 heavy (non-hydrogen) atoms. The Morgan fingerprint density at radius 3 is 1.93 bits per heavy atom. The molecule has 0 amide bonds. The number of benzene rings is 1. The zero-order chi connectivity index (χ0) is 10.0. The Morgan fingerprint density at radius 2 is 1.60 bits per heavy atom. The van der Waals surface area contributed by atoms with Crippen molar-refractivity contribution in [1.82, 2.24) is 0 Å². The van der Waals surface area contributed by atoms with Crippen LogP contribution in [0.15, 0.2) is 18.2 Å². The van der Waals surface area contributed by atoms with Crippen LogP contribution < -0.4 is 5.73 Å². The molecule has 0 fully saturated rings. The van der Waals surface area contributed by atoms with E-state index >= 15 is 0 Å². The predicted octanol–water partition coefficient (Wildman–Crippen LogP) is -0.0964. The van der Waals surface area contributed by atoms with E-state index in [0.29, 0.717) is 0 Å². The molecular formula is C8H7NNa2O4. The minimum atomic E-state index is -1.17. The molecule has 0 spiro atoms. The van der Waals surface area contributed by atoms with E-state index in [1.807, 2.05) is 0 Å². The zero-order valence-electron chi connectivity index (χ0n) is 8.52. The van der Waals surface area contributed by atoms with Crippen molar-refractivity contribution in [1.29, 1.82) is 0 Å². The summed E-state index contributed by atoms with van der Waals surface area (Å²) >= 11 is 0. The summed E-state index contributed by atoms with van der Waals surface area (Å²) in [5, 5.41) is 17.1. The second-order valence-electron chi connectivity index (χ2n) is 2.41. The molecular weight excluding hydrogens is 220 g/mol. The number of nitrogen functional groups attached to an aromatic ring is 1. The number of carboxylic acid groups (broad SMARTS) is 2. The van der Waals surface area contributed by atoms with E-state index in [-0.39, 0.29) is 75.9 Å². The molecule has 1 rings (SSSR count). The molecule has 1 aromatic carbocycles. The van der Waals surface area contributed by atoms with Crippen LogP contribution >= 0.6 is 0 Å². The first kappa shape index (κ1) is 17.4. The summed E-state index contributed by atoms with van der Waals surface area (Å²) in [4.78, 5) is 20.9. The van der Waals surface area contributed by atoms with E-state index < -0.39 is 11.9 Å². The third-order valence-electron chi connectivity index (χ3n) is 1.53. The van der Waals surface area contributed by atoms with Gasteiger partial charge in [-0.3, -0.25) is 0 Å². The Bertz CT molecular complexity index is 381.